The number of halogens is 3. The lowest BCUT2D eigenvalue weighted by atomic mass is 9.95. The van der Waals surface area contributed by atoms with E-state index in [9.17, 15) is 13.2 Å². The third-order valence-electron chi connectivity index (χ3n) is 5.74. The van der Waals surface area contributed by atoms with Crippen molar-refractivity contribution in [2.75, 3.05) is 17.2 Å². The van der Waals surface area contributed by atoms with Crippen molar-refractivity contribution < 1.29 is 17.9 Å². The highest BCUT2D eigenvalue weighted by molar-refractivity contribution is 5.92. The number of aromatic nitrogens is 3. The number of aromatic amines is 1. The van der Waals surface area contributed by atoms with E-state index in [4.69, 9.17) is 4.74 Å². The Balaban J connectivity index is 1.56. The maximum Gasteiger partial charge on any atom is 0.418 e. The summed E-state index contributed by atoms with van der Waals surface area (Å²) in [5.74, 6) is 1.17. The van der Waals surface area contributed by atoms with Crippen molar-refractivity contribution in [2.24, 2.45) is 0 Å². The zero-order valence-corrected chi connectivity index (χ0v) is 16.3. The predicted molar refractivity (Wildman–Crippen MR) is 108 cm³/mol. The van der Waals surface area contributed by atoms with Crippen molar-refractivity contribution in [3.05, 3.63) is 35.5 Å². The summed E-state index contributed by atoms with van der Waals surface area (Å²) < 4.78 is 46.4. The van der Waals surface area contributed by atoms with Gasteiger partial charge in [-0.25, -0.2) is 0 Å². The Labute approximate surface area is 171 Å². The summed E-state index contributed by atoms with van der Waals surface area (Å²) in [6.45, 7) is 0.605. The van der Waals surface area contributed by atoms with Crippen LogP contribution in [-0.2, 0) is 12.6 Å². The molecule has 9 heteroatoms. The van der Waals surface area contributed by atoms with Crippen LogP contribution in [0.15, 0.2) is 24.4 Å². The van der Waals surface area contributed by atoms with Gasteiger partial charge in [0.05, 0.1) is 23.2 Å². The van der Waals surface area contributed by atoms with Crippen LogP contribution in [0.3, 0.4) is 0 Å². The summed E-state index contributed by atoms with van der Waals surface area (Å²) in [5.41, 5.74) is 1.18. The van der Waals surface area contributed by atoms with Crippen molar-refractivity contribution in [1.29, 1.82) is 0 Å². The Kier molecular flexibility index (Phi) is 4.67. The second-order valence-electron chi connectivity index (χ2n) is 7.82. The van der Waals surface area contributed by atoms with Crippen LogP contribution in [0, 0.1) is 0 Å². The molecule has 1 aliphatic heterocycles. The molecule has 3 aromatic rings. The van der Waals surface area contributed by atoms with Crippen LogP contribution >= 0.6 is 0 Å². The molecule has 0 amide bonds. The molecule has 0 atom stereocenters. The lowest BCUT2D eigenvalue weighted by molar-refractivity contribution is -0.136. The molecule has 6 nitrogen and oxygen atoms in total. The molecule has 1 fully saturated rings. The van der Waals surface area contributed by atoms with Crippen LogP contribution in [0.2, 0.25) is 0 Å². The minimum atomic E-state index is -4.49. The van der Waals surface area contributed by atoms with E-state index in [0.717, 1.165) is 56.0 Å². The summed E-state index contributed by atoms with van der Waals surface area (Å²) in [5, 5.41) is 6.37. The molecule has 0 unspecified atom stereocenters. The van der Waals surface area contributed by atoms with Crippen LogP contribution in [0.5, 0.6) is 5.75 Å². The highest BCUT2D eigenvalue weighted by Gasteiger charge is 2.36. The van der Waals surface area contributed by atoms with Crippen molar-refractivity contribution in [3.8, 4) is 5.75 Å². The molecule has 1 aliphatic carbocycles. The molecule has 5 rings (SSSR count). The minimum Gasteiger partial charge on any atom is -0.491 e. The van der Waals surface area contributed by atoms with Gasteiger partial charge in [0, 0.05) is 18.7 Å². The maximum absolute atomic E-state index is 13.6. The predicted octanol–water partition coefficient (Wildman–Crippen LogP) is 5.40. The molecule has 2 aromatic heterocycles. The van der Waals surface area contributed by atoms with Crippen LogP contribution in [0.25, 0.3) is 11.0 Å². The second kappa shape index (κ2) is 7.37. The van der Waals surface area contributed by atoms with Crippen LogP contribution in [0.1, 0.15) is 43.2 Å². The monoisotopic (exact) mass is 417 g/mol. The Morgan fingerprint density at radius 1 is 1.10 bits per heavy atom. The van der Waals surface area contributed by atoms with Gasteiger partial charge in [-0.2, -0.15) is 23.1 Å². The summed E-state index contributed by atoms with van der Waals surface area (Å²) in [6.07, 6.45) is 2.39. The van der Waals surface area contributed by atoms with Gasteiger partial charge in [0.1, 0.15) is 17.2 Å². The van der Waals surface area contributed by atoms with E-state index in [0.29, 0.717) is 12.3 Å². The summed E-state index contributed by atoms with van der Waals surface area (Å²) in [6, 6.07) is 5.85. The van der Waals surface area contributed by atoms with Crippen molar-refractivity contribution in [3.63, 3.8) is 0 Å². The largest absolute Gasteiger partial charge is 0.491 e. The van der Waals surface area contributed by atoms with Crippen LogP contribution in [0.4, 0.5) is 30.6 Å². The van der Waals surface area contributed by atoms with Crippen molar-refractivity contribution in [2.45, 2.75) is 50.7 Å². The van der Waals surface area contributed by atoms with Gasteiger partial charge in [0.15, 0.2) is 0 Å². The van der Waals surface area contributed by atoms with E-state index in [2.05, 4.69) is 25.6 Å². The Bertz CT molecular complexity index is 1070. The van der Waals surface area contributed by atoms with Gasteiger partial charge in [-0.15, -0.1) is 0 Å². The van der Waals surface area contributed by atoms with E-state index >= 15 is 0 Å². The molecule has 1 saturated carbocycles. The van der Waals surface area contributed by atoms with E-state index in [1.807, 2.05) is 18.2 Å². The first kappa shape index (κ1) is 19.0. The molecule has 3 N–H and O–H groups in total. The fraction of sp³-hybridized carbons (Fsp3) is 0.429. The highest BCUT2D eigenvalue weighted by atomic mass is 19.4. The lowest BCUT2D eigenvalue weighted by Gasteiger charge is -2.24. The molecular weight excluding hydrogens is 395 g/mol. The normalized spacial score (nSPS) is 17.0. The molecular formula is C21H22F3N5O. The Hall–Kier alpha value is -2.97. The first-order valence-electron chi connectivity index (χ1n) is 10.2. The standard InChI is InChI=1S/C21H22F3N5O/c22-21(23,24)14-11-25-18-16(14)19(26-13-6-2-1-3-7-13)29-20(28-18)27-15-8-4-5-12-9-10-30-17(12)15/h4-5,8,11,13H,1-3,6-7,9-10H2,(H3,25,26,27,28,29). The van der Waals surface area contributed by atoms with Crippen LogP contribution < -0.4 is 15.4 Å². The molecule has 0 bridgehead atoms. The molecule has 158 valence electrons. The number of benzene rings is 1. The number of ether oxygens (including phenoxy) is 1. The molecule has 2 aliphatic rings. The number of hydrogen-bond donors (Lipinski definition) is 3. The quantitative estimate of drug-likeness (QED) is 0.530. The topological polar surface area (TPSA) is 74.9 Å². The lowest BCUT2D eigenvalue weighted by Crippen LogP contribution is -2.23. The third kappa shape index (κ3) is 3.53. The maximum atomic E-state index is 13.6. The number of nitrogens with zero attached hydrogens (tertiary/aromatic N) is 2. The summed E-state index contributed by atoms with van der Waals surface area (Å²) in [7, 11) is 0. The highest BCUT2D eigenvalue weighted by Crippen LogP contribution is 2.39. The molecule has 1 aromatic carbocycles. The number of rotatable bonds is 4. The molecule has 0 radical (unpaired) electrons. The Morgan fingerprint density at radius 3 is 2.73 bits per heavy atom. The van der Waals surface area contributed by atoms with Gasteiger partial charge in [0.25, 0.3) is 0 Å². The minimum absolute atomic E-state index is 0.0202. The number of alkyl halides is 3. The van der Waals surface area contributed by atoms with Gasteiger partial charge in [-0.3, -0.25) is 0 Å². The van der Waals surface area contributed by atoms with Gasteiger partial charge >= 0.3 is 6.18 Å². The number of H-pyrrole nitrogens is 1. The zero-order chi connectivity index (χ0) is 20.7. The number of para-hydroxylation sites is 1. The molecule has 30 heavy (non-hydrogen) atoms. The average Bonchev–Trinajstić information content (AvgIpc) is 3.36. The van der Waals surface area contributed by atoms with Gasteiger partial charge in [-0.05, 0) is 24.5 Å². The second-order valence-corrected chi connectivity index (χ2v) is 7.82. The van der Waals surface area contributed by atoms with E-state index in [1.54, 1.807) is 0 Å². The number of fused-ring (bicyclic) bond motifs is 2. The average molecular weight is 417 g/mol. The van der Waals surface area contributed by atoms with Gasteiger partial charge < -0.3 is 20.4 Å². The van der Waals surface area contributed by atoms with E-state index < -0.39 is 11.7 Å². The van der Waals surface area contributed by atoms with Crippen molar-refractivity contribution in [1.82, 2.24) is 15.0 Å². The smallest absolute Gasteiger partial charge is 0.418 e. The first-order valence-corrected chi connectivity index (χ1v) is 10.2. The van der Waals surface area contributed by atoms with Crippen molar-refractivity contribution >= 4 is 28.5 Å². The van der Waals surface area contributed by atoms with E-state index in [1.165, 1.54) is 0 Å². The SMILES string of the molecule is FC(F)(F)c1c[nH]c2nc(Nc3cccc4c3OCC4)nc(NC3CCCCC3)c12. The summed E-state index contributed by atoms with van der Waals surface area (Å²) >= 11 is 0. The van der Waals surface area contributed by atoms with E-state index in [-0.39, 0.29) is 28.8 Å². The Morgan fingerprint density at radius 2 is 1.93 bits per heavy atom. The fourth-order valence-corrected chi connectivity index (χ4v) is 4.29. The van der Waals surface area contributed by atoms with Gasteiger partial charge in [-0.1, -0.05) is 31.4 Å². The zero-order valence-electron chi connectivity index (χ0n) is 16.3. The fourth-order valence-electron chi connectivity index (χ4n) is 4.29. The van der Waals surface area contributed by atoms with Gasteiger partial charge in [0.2, 0.25) is 5.95 Å². The molecule has 3 heterocycles. The molecule has 0 saturated heterocycles. The third-order valence-corrected chi connectivity index (χ3v) is 5.74. The number of hydrogen-bond acceptors (Lipinski definition) is 5. The van der Waals surface area contributed by atoms with Crippen LogP contribution in [-0.4, -0.2) is 27.6 Å². The molecule has 0 spiro atoms. The number of anilines is 3. The summed E-state index contributed by atoms with van der Waals surface area (Å²) in [4.78, 5) is 11.4. The first-order chi connectivity index (χ1) is 14.5. The number of nitrogens with one attached hydrogen (secondary N) is 3.